The van der Waals surface area contributed by atoms with Crippen LogP contribution in [0.2, 0.25) is 0 Å². The third-order valence-electron chi connectivity index (χ3n) is 16.5. The number of aliphatic hydroxyl groups is 2. The van der Waals surface area contributed by atoms with Crippen LogP contribution in [0.1, 0.15) is 109 Å². The molecule has 76 heavy (non-hydrogen) atoms. The molecular weight excluding hydrogens is 971 g/mol. The number of anilines is 1. The van der Waals surface area contributed by atoms with Crippen LogP contribution in [0.25, 0.3) is 10.8 Å². The molecule has 6 aliphatic rings. The van der Waals surface area contributed by atoms with Gasteiger partial charge in [0.15, 0.2) is 11.4 Å². The second kappa shape index (κ2) is 22.8. The summed E-state index contributed by atoms with van der Waals surface area (Å²) >= 11 is 0. The molecule has 5 bridgehead atoms. The van der Waals surface area contributed by atoms with E-state index in [2.05, 4.69) is 36.2 Å². The van der Waals surface area contributed by atoms with Crippen molar-refractivity contribution in [3.05, 3.63) is 93.9 Å². The van der Waals surface area contributed by atoms with Crippen molar-refractivity contribution in [1.29, 1.82) is 0 Å². The Morgan fingerprint density at radius 3 is 2.21 bits per heavy atom. The smallest absolute Gasteiger partial charge is 0.315 e. The molecule has 2 unspecified atom stereocenters. The minimum absolute atomic E-state index is 0.0116. The van der Waals surface area contributed by atoms with Gasteiger partial charge in [-0.15, -0.1) is 0 Å². The van der Waals surface area contributed by atoms with Gasteiger partial charge in [-0.25, -0.2) is 0 Å². The molecule has 3 aromatic carbocycles. The number of phenols is 2. The predicted molar refractivity (Wildman–Crippen MR) is 286 cm³/mol. The molecule has 6 heterocycles. The number of nitrogens with zero attached hydrogens (tertiary/aromatic N) is 4. The largest absolute Gasteiger partial charge is 0.507 e. The molecule has 6 aliphatic heterocycles. The summed E-state index contributed by atoms with van der Waals surface area (Å²) in [5, 5.41) is 51.1. The zero-order valence-electron chi connectivity index (χ0n) is 45.7. The van der Waals surface area contributed by atoms with Gasteiger partial charge in [0.05, 0.1) is 40.9 Å². The van der Waals surface area contributed by atoms with Crippen LogP contribution >= 0.6 is 0 Å². The van der Waals surface area contributed by atoms with Crippen LogP contribution in [-0.4, -0.2) is 129 Å². The number of esters is 1. The van der Waals surface area contributed by atoms with E-state index >= 15 is 0 Å². The number of likely N-dealkylation sites (tertiary alicyclic amines) is 2. The van der Waals surface area contributed by atoms with Crippen LogP contribution in [0, 0.1) is 42.4 Å². The summed E-state index contributed by atoms with van der Waals surface area (Å²) in [6.07, 6.45) is 6.44. The molecule has 9 atom stereocenters. The Balaban J connectivity index is 1.14. The number of phenolic OH excluding ortho intramolecular Hbond substituents is 2. The maximum atomic E-state index is 15.0. The number of piperidine rings is 2. The number of Topliss-reactive ketones (excluding diaryl/α,β-unsaturated/α-hetero) is 1. The van der Waals surface area contributed by atoms with Crippen LogP contribution in [-0.2, 0) is 35.0 Å². The van der Waals surface area contributed by atoms with Gasteiger partial charge in [-0.2, -0.15) is 0 Å². The summed E-state index contributed by atoms with van der Waals surface area (Å²) in [6, 6.07) is 10.2. The Labute approximate surface area is 445 Å². The minimum atomic E-state index is -2.02. The van der Waals surface area contributed by atoms with Gasteiger partial charge in [0.1, 0.15) is 35.1 Å². The number of hydrogen-bond acceptors (Lipinski definition) is 15. The number of nitrogens with one attached hydrogen (secondary N) is 1. The summed E-state index contributed by atoms with van der Waals surface area (Å²) in [7, 11) is 1.45. The van der Waals surface area contributed by atoms with Gasteiger partial charge < -0.3 is 54.5 Å². The fraction of sp³-hybridized carbons (Fsp3) is 0.559. The summed E-state index contributed by atoms with van der Waals surface area (Å²) in [6.45, 7) is 19.1. The van der Waals surface area contributed by atoms with E-state index in [9.17, 15) is 39.6 Å². The number of ketones is 1. The summed E-state index contributed by atoms with van der Waals surface area (Å²) in [4.78, 5) is 71.0. The lowest BCUT2D eigenvalue weighted by Crippen LogP contribution is -2.47. The number of ether oxygens (including phenoxy) is 4. The van der Waals surface area contributed by atoms with Gasteiger partial charge in [-0.05, 0) is 56.6 Å². The number of carbonyl (C=O) groups excluding carboxylic acids is 4. The first-order valence-corrected chi connectivity index (χ1v) is 27.0. The first kappa shape index (κ1) is 56.1. The number of allylic oxidation sites excluding steroid dienone is 2. The number of hydrogen-bond donors (Lipinski definition) is 5. The van der Waals surface area contributed by atoms with Crippen molar-refractivity contribution in [2.24, 2.45) is 45.5 Å². The zero-order chi connectivity index (χ0) is 55.0. The highest BCUT2D eigenvalue weighted by Crippen LogP contribution is 2.50. The number of benzene rings is 3. The highest BCUT2D eigenvalue weighted by atomic mass is 16.7. The van der Waals surface area contributed by atoms with Crippen molar-refractivity contribution in [3.63, 3.8) is 0 Å². The Morgan fingerprint density at radius 1 is 0.882 bits per heavy atom. The van der Waals surface area contributed by atoms with Crippen LogP contribution in [0.5, 0.6) is 17.2 Å². The van der Waals surface area contributed by atoms with Gasteiger partial charge >= 0.3 is 11.8 Å². The predicted octanol–water partition coefficient (Wildman–Crippen LogP) is 6.60. The fourth-order valence-electron chi connectivity index (χ4n) is 11.8. The summed E-state index contributed by atoms with van der Waals surface area (Å²) in [5.41, 5.74) is 0.561. The second-order valence-electron chi connectivity index (χ2n) is 22.5. The van der Waals surface area contributed by atoms with Crippen LogP contribution < -0.4 is 20.8 Å². The Bertz CT molecular complexity index is 2920. The first-order chi connectivity index (χ1) is 36.1. The number of amides is 2. The average Bonchev–Trinajstić information content (AvgIpc) is 3.90. The molecule has 0 radical (unpaired) electrons. The van der Waals surface area contributed by atoms with Crippen molar-refractivity contribution < 1.29 is 58.6 Å². The molecule has 0 aromatic heterocycles. The average molecular weight is 1050 g/mol. The highest BCUT2D eigenvalue weighted by molar-refractivity contribution is 6.19. The monoisotopic (exact) mass is 1050 g/mol. The van der Waals surface area contributed by atoms with Crippen LogP contribution in [0.3, 0.4) is 0 Å². The molecule has 2 fully saturated rings. The summed E-state index contributed by atoms with van der Waals surface area (Å²) < 4.78 is 24.7. The van der Waals surface area contributed by atoms with Crippen molar-refractivity contribution in [3.8, 4) is 17.2 Å². The molecule has 9 rings (SSSR count). The third-order valence-corrected chi connectivity index (χ3v) is 16.5. The maximum absolute atomic E-state index is 15.0. The van der Waals surface area contributed by atoms with E-state index in [1.807, 2.05) is 18.2 Å². The number of aliphatic hydroxyl groups excluding tert-OH is 2. The lowest BCUT2D eigenvalue weighted by atomic mass is 9.78. The first-order valence-electron chi connectivity index (χ1n) is 27.0. The normalized spacial score (nSPS) is 30.0. The van der Waals surface area contributed by atoms with Crippen LogP contribution in [0.4, 0.5) is 5.69 Å². The van der Waals surface area contributed by atoms with E-state index in [0.29, 0.717) is 50.9 Å². The Kier molecular flexibility index (Phi) is 16.8. The van der Waals surface area contributed by atoms with Gasteiger partial charge in [-0.3, -0.25) is 29.2 Å². The van der Waals surface area contributed by atoms with Gasteiger partial charge in [0.2, 0.25) is 5.91 Å². The summed E-state index contributed by atoms with van der Waals surface area (Å²) in [5.74, 6) is -7.24. The lowest BCUT2D eigenvalue weighted by molar-refractivity contribution is -0.165. The number of rotatable bonds is 8. The molecule has 2 saturated heterocycles. The van der Waals surface area contributed by atoms with E-state index in [-0.39, 0.29) is 55.5 Å². The molecule has 0 saturated carbocycles. The van der Waals surface area contributed by atoms with Gasteiger partial charge in [0, 0.05) is 99.8 Å². The molecule has 0 aliphatic carbocycles. The van der Waals surface area contributed by atoms with Crippen molar-refractivity contribution in [2.75, 3.05) is 45.2 Å². The minimum Gasteiger partial charge on any atom is -0.507 e. The number of fused-ring (bicyclic) bond motifs is 13. The maximum Gasteiger partial charge on any atom is 0.315 e. The zero-order valence-corrected chi connectivity index (χ0v) is 45.7. The van der Waals surface area contributed by atoms with Crippen molar-refractivity contribution in [1.82, 2.24) is 9.80 Å². The Hall–Kier alpha value is -6.14. The molecule has 3 aromatic rings. The van der Waals surface area contributed by atoms with E-state index in [4.69, 9.17) is 28.9 Å². The fourth-order valence-corrected chi connectivity index (χ4v) is 11.8. The van der Waals surface area contributed by atoms with E-state index < -0.39 is 95.1 Å². The molecular formula is C59H77N5O12. The second-order valence-corrected chi connectivity index (χ2v) is 22.5. The molecule has 17 heteroatoms. The number of methoxy groups -OCH3 is 1. The highest BCUT2D eigenvalue weighted by Gasteiger charge is 2.50. The molecule has 17 nitrogen and oxygen atoms in total. The number of carbonyl (C=O) groups is 4. The molecule has 5 N–H and O–H groups in total. The van der Waals surface area contributed by atoms with Crippen molar-refractivity contribution >= 4 is 40.0 Å². The topological polar surface area (TPSA) is 229 Å². The van der Waals surface area contributed by atoms with Gasteiger partial charge in [-0.1, -0.05) is 90.1 Å². The molecule has 410 valence electrons. The quantitative estimate of drug-likeness (QED) is 0.0911. The van der Waals surface area contributed by atoms with Gasteiger partial charge in [0.25, 0.3) is 11.7 Å². The molecule has 2 amide bonds. The van der Waals surface area contributed by atoms with Crippen LogP contribution in [0.15, 0.2) is 76.5 Å². The number of aromatic hydroxyl groups is 2. The Morgan fingerprint density at radius 2 is 1.55 bits per heavy atom. The lowest BCUT2D eigenvalue weighted by Gasteiger charge is -2.38. The van der Waals surface area contributed by atoms with E-state index in [1.165, 1.54) is 31.9 Å². The standard InChI is InChI=1S/C59H77N5O12/c1-32(2)31-63-26-22-59(23-27-63)61-47-44-45-52(69)38(8)55-46(44)56(71)58(9,76-55)74-28-21-41(73-10)35(5)54(75-43(66)30-42(65)64-24-19-40(20-25-64)29-39-17-12-11-13-18-39)37(7)51(68)36(6)50(67)33(3)15-14-16-34(4)57(72)60-49(53(45)70)48(47)62-59/h11-18,21,28,32-33,35-37,40-41,50-51,54,67-70H,19-20,22-27,29-31H2,1-10H3,(H,60,72)/b15-14+,28-21+,34-16-/t33?,35-,36-,37-,41+,50+,51-,54-,58?/m1/s1. The van der Waals surface area contributed by atoms with Crippen molar-refractivity contribution in [2.45, 2.75) is 137 Å². The SMILES string of the molecule is CO[C@H]1/C=C/OC2(C)Oc3c(C)c(O)c4c(O)c(c5c(c4c3C2=O)=NC2(CCN(CC(C)C)CC2)N=5)NC(=O)/C(C)=C\C=C\C(C)[C@H](O)[C@@H](C)[C@@H](O)[C@@H](C)[C@H](OC(=O)CC(=O)N2CCC(Cc3ccccc3)CC2)[C@@H]1C. The van der Waals surface area contributed by atoms with E-state index in [1.54, 1.807) is 64.7 Å². The molecule has 1 spiro atoms. The third kappa shape index (κ3) is 11.3. The van der Waals surface area contributed by atoms with E-state index in [0.717, 1.165) is 25.8 Å².